The first-order valence-electron chi connectivity index (χ1n) is 7.65. The molecule has 9 heteroatoms. The number of hydrogen-bond acceptors (Lipinski definition) is 6. The van der Waals surface area contributed by atoms with Crippen molar-refractivity contribution in [2.75, 3.05) is 18.5 Å². The van der Waals surface area contributed by atoms with Gasteiger partial charge < -0.3 is 5.11 Å². The molecule has 1 aliphatic heterocycles. The van der Waals surface area contributed by atoms with Crippen molar-refractivity contribution in [1.29, 1.82) is 0 Å². The van der Waals surface area contributed by atoms with Gasteiger partial charge in [0.25, 0.3) is 15.9 Å². The Morgan fingerprint density at radius 3 is 2.73 bits per heavy atom. The molecule has 3 rings (SSSR count). The van der Waals surface area contributed by atoms with E-state index in [9.17, 15) is 18.3 Å². The Kier molecular flexibility index (Phi) is 4.59. The van der Waals surface area contributed by atoms with Crippen molar-refractivity contribution in [1.82, 2.24) is 9.29 Å². The smallest absolute Gasteiger partial charge is 0.281 e. The van der Waals surface area contributed by atoms with E-state index in [1.807, 2.05) is 6.92 Å². The molecule has 0 atom stereocenters. The highest BCUT2D eigenvalue weighted by Gasteiger charge is 2.39. The monoisotopic (exact) mass is 391 g/mol. The van der Waals surface area contributed by atoms with E-state index in [4.69, 9.17) is 0 Å². The van der Waals surface area contributed by atoms with E-state index < -0.39 is 15.9 Å². The number of aryl methyl sites for hydroxylation is 1. The van der Waals surface area contributed by atoms with Gasteiger partial charge in [-0.1, -0.05) is 18.2 Å². The number of aromatic nitrogens is 1. The van der Waals surface area contributed by atoms with Gasteiger partial charge in [-0.05, 0) is 19.1 Å². The molecule has 26 heavy (non-hydrogen) atoms. The second-order valence-electron chi connectivity index (χ2n) is 5.62. The van der Waals surface area contributed by atoms with Crippen LogP contribution in [0.5, 0.6) is 0 Å². The highest BCUT2D eigenvalue weighted by atomic mass is 32.2. The zero-order valence-electron chi connectivity index (χ0n) is 14.2. The van der Waals surface area contributed by atoms with E-state index in [1.54, 1.807) is 18.3 Å². The van der Waals surface area contributed by atoms with Gasteiger partial charge in [-0.3, -0.25) is 14.0 Å². The number of likely N-dealkylation sites (N-methyl/N-ethyl adjacent to an activating group) is 1. The van der Waals surface area contributed by atoms with Gasteiger partial charge in [0.05, 0.1) is 4.90 Å². The Morgan fingerprint density at radius 2 is 2.12 bits per heavy atom. The van der Waals surface area contributed by atoms with Gasteiger partial charge in [-0.2, -0.15) is 0 Å². The zero-order valence-corrected chi connectivity index (χ0v) is 15.8. The van der Waals surface area contributed by atoms with Gasteiger partial charge in [-0.15, -0.1) is 17.9 Å². The Bertz CT molecular complexity index is 1020. The van der Waals surface area contributed by atoms with Gasteiger partial charge in [0.15, 0.2) is 16.6 Å². The van der Waals surface area contributed by atoms with E-state index in [2.05, 4.69) is 11.6 Å². The number of anilines is 1. The predicted octanol–water partition coefficient (Wildman–Crippen LogP) is 2.53. The van der Waals surface area contributed by atoms with Crippen LogP contribution in [0.2, 0.25) is 0 Å². The first kappa shape index (κ1) is 18.2. The van der Waals surface area contributed by atoms with Gasteiger partial charge in [0.2, 0.25) is 0 Å². The largest absolute Gasteiger partial charge is 0.505 e. The fourth-order valence-electron chi connectivity index (χ4n) is 2.64. The quantitative estimate of drug-likeness (QED) is 0.809. The summed E-state index contributed by atoms with van der Waals surface area (Å²) in [6.45, 7) is 5.61. The molecule has 1 aromatic heterocycles. The maximum atomic E-state index is 13.1. The molecular formula is C17H17N3O4S2. The number of rotatable bonds is 4. The standard InChI is InChI=1S/C17H17N3O4S2/c1-4-9-20(17-18-10-11(2)25-17)16(22)14-15(21)12-7-5-6-8-13(12)26(23,24)19(14)3/h4-8,10,21H,1,9H2,2-3H3. The predicted molar refractivity (Wildman–Crippen MR) is 100 cm³/mol. The van der Waals surface area contributed by atoms with Crippen LogP contribution in [0.3, 0.4) is 0 Å². The molecule has 1 amide bonds. The Hall–Kier alpha value is -2.65. The van der Waals surface area contributed by atoms with Crippen LogP contribution in [0.15, 0.2) is 53.7 Å². The van der Waals surface area contributed by atoms with Gasteiger partial charge >= 0.3 is 0 Å². The molecule has 0 aliphatic carbocycles. The van der Waals surface area contributed by atoms with Gasteiger partial charge in [0, 0.05) is 30.2 Å². The second-order valence-corrected chi connectivity index (χ2v) is 8.77. The highest BCUT2D eigenvalue weighted by molar-refractivity contribution is 7.89. The lowest BCUT2D eigenvalue weighted by molar-refractivity contribution is -0.116. The topological polar surface area (TPSA) is 90.8 Å². The number of hydrogen-bond donors (Lipinski definition) is 1. The average Bonchev–Trinajstić information content (AvgIpc) is 3.04. The summed E-state index contributed by atoms with van der Waals surface area (Å²) in [4.78, 5) is 19.5. The normalized spacial score (nSPS) is 15.5. The summed E-state index contributed by atoms with van der Waals surface area (Å²) >= 11 is 1.29. The molecule has 2 heterocycles. The number of aliphatic hydroxyl groups excluding tert-OH is 1. The zero-order chi connectivity index (χ0) is 19.1. The number of aliphatic hydroxyl groups is 1. The van der Waals surface area contributed by atoms with Crippen molar-refractivity contribution in [2.45, 2.75) is 11.8 Å². The molecule has 1 aromatic carbocycles. The summed E-state index contributed by atoms with van der Waals surface area (Å²) in [6.07, 6.45) is 3.13. The van der Waals surface area contributed by atoms with E-state index >= 15 is 0 Å². The number of fused-ring (bicyclic) bond motifs is 1. The third kappa shape index (κ3) is 2.78. The molecule has 2 aromatic rings. The molecule has 0 spiro atoms. The molecule has 0 fully saturated rings. The molecule has 0 unspecified atom stereocenters. The Morgan fingerprint density at radius 1 is 1.42 bits per heavy atom. The fraction of sp³-hybridized carbons (Fsp3) is 0.176. The number of carbonyl (C=O) groups excluding carboxylic acids is 1. The summed E-state index contributed by atoms with van der Waals surface area (Å²) in [6, 6.07) is 6.02. The van der Waals surface area contributed by atoms with Crippen LogP contribution in [0, 0.1) is 6.92 Å². The van der Waals surface area contributed by atoms with E-state index in [1.165, 1.54) is 41.5 Å². The van der Waals surface area contributed by atoms with E-state index in [-0.39, 0.29) is 28.5 Å². The first-order chi connectivity index (χ1) is 12.3. The molecule has 1 aliphatic rings. The van der Waals surface area contributed by atoms with Crippen LogP contribution in [-0.2, 0) is 14.8 Å². The lowest BCUT2D eigenvalue weighted by Crippen LogP contribution is -2.42. The van der Waals surface area contributed by atoms with Crippen molar-refractivity contribution >= 4 is 38.2 Å². The number of amides is 1. The first-order valence-corrected chi connectivity index (χ1v) is 9.91. The van der Waals surface area contributed by atoms with Crippen LogP contribution in [-0.4, -0.2) is 42.3 Å². The minimum Gasteiger partial charge on any atom is -0.505 e. The van der Waals surface area contributed by atoms with Crippen molar-refractivity contribution in [3.05, 3.63) is 59.3 Å². The van der Waals surface area contributed by atoms with Gasteiger partial charge in [0.1, 0.15) is 0 Å². The number of sulfonamides is 1. The van der Waals surface area contributed by atoms with Crippen LogP contribution in [0.25, 0.3) is 5.76 Å². The lowest BCUT2D eigenvalue weighted by atomic mass is 10.1. The van der Waals surface area contributed by atoms with Crippen molar-refractivity contribution < 1.29 is 18.3 Å². The SMILES string of the molecule is C=CCN(C(=O)C1=C(O)c2ccccc2S(=O)(=O)N1C)c1ncc(C)s1. The summed E-state index contributed by atoms with van der Waals surface area (Å²) in [5.41, 5.74) is -0.221. The van der Waals surface area contributed by atoms with Crippen molar-refractivity contribution in [2.24, 2.45) is 0 Å². The molecule has 0 bridgehead atoms. The van der Waals surface area contributed by atoms with Gasteiger partial charge in [-0.25, -0.2) is 13.4 Å². The second kappa shape index (κ2) is 6.58. The molecule has 1 N–H and O–H groups in total. The van der Waals surface area contributed by atoms with E-state index in [0.717, 1.165) is 9.18 Å². The average molecular weight is 391 g/mol. The van der Waals surface area contributed by atoms with E-state index in [0.29, 0.717) is 5.13 Å². The Balaban J connectivity index is 2.17. The lowest BCUT2D eigenvalue weighted by Gasteiger charge is -2.30. The summed E-state index contributed by atoms with van der Waals surface area (Å²) in [5.74, 6) is -1.05. The maximum absolute atomic E-state index is 13.1. The number of benzene rings is 1. The molecule has 0 radical (unpaired) electrons. The summed E-state index contributed by atoms with van der Waals surface area (Å²) in [5, 5.41) is 11.0. The Labute approximate surface area is 155 Å². The molecular weight excluding hydrogens is 374 g/mol. The number of carbonyl (C=O) groups is 1. The fourth-order valence-corrected chi connectivity index (χ4v) is 4.80. The van der Waals surface area contributed by atoms with Crippen molar-refractivity contribution in [3.8, 4) is 0 Å². The van der Waals surface area contributed by atoms with Crippen LogP contribution in [0.4, 0.5) is 5.13 Å². The van der Waals surface area contributed by atoms with Crippen molar-refractivity contribution in [3.63, 3.8) is 0 Å². The number of thiazole rings is 1. The molecule has 7 nitrogen and oxygen atoms in total. The molecule has 0 saturated heterocycles. The minimum absolute atomic E-state index is 0.0445. The third-order valence-electron chi connectivity index (χ3n) is 3.92. The third-order valence-corrected chi connectivity index (χ3v) is 6.67. The van der Waals surface area contributed by atoms with Crippen LogP contribution in [0.1, 0.15) is 10.4 Å². The summed E-state index contributed by atoms with van der Waals surface area (Å²) in [7, 11) is -2.70. The van der Waals surface area contributed by atoms with Crippen LogP contribution >= 0.6 is 11.3 Å². The molecule has 136 valence electrons. The summed E-state index contributed by atoms with van der Waals surface area (Å²) < 4.78 is 26.3. The minimum atomic E-state index is -3.95. The maximum Gasteiger partial charge on any atom is 0.281 e. The number of nitrogens with zero attached hydrogens (tertiary/aromatic N) is 3. The van der Waals surface area contributed by atoms with Crippen LogP contribution < -0.4 is 4.90 Å². The highest BCUT2D eigenvalue weighted by Crippen LogP contribution is 2.36. The molecule has 0 saturated carbocycles.